The number of rotatable bonds is 4. The summed E-state index contributed by atoms with van der Waals surface area (Å²) in [5.41, 5.74) is 0.312. The Kier molecular flexibility index (Phi) is 5.11. The maximum absolute atomic E-state index is 14.7. The fourth-order valence-corrected chi connectivity index (χ4v) is 3.20. The first-order valence-corrected chi connectivity index (χ1v) is 9.28. The number of aromatic nitrogens is 5. The maximum Gasteiger partial charge on any atom is 0.432 e. The van der Waals surface area contributed by atoms with Crippen LogP contribution in [0.15, 0.2) is 36.8 Å². The van der Waals surface area contributed by atoms with Crippen LogP contribution in [0.5, 0.6) is 0 Å². The third-order valence-corrected chi connectivity index (χ3v) is 4.67. The minimum atomic E-state index is -1.34. The Bertz CT molecular complexity index is 1330. The monoisotopic (exact) mass is 446 g/mol. The van der Waals surface area contributed by atoms with Gasteiger partial charge >= 0.3 is 6.09 Å². The Morgan fingerprint density at radius 3 is 2.48 bits per heavy atom. The fraction of sp³-hybridized carbons (Fsp3) is 0.105. The Balaban J connectivity index is 1.88. The summed E-state index contributed by atoms with van der Waals surface area (Å²) in [7, 11) is 1.68. The lowest BCUT2D eigenvalue weighted by atomic mass is 10.1. The van der Waals surface area contributed by atoms with Gasteiger partial charge in [-0.2, -0.15) is 14.9 Å². The number of halogens is 3. The van der Waals surface area contributed by atoms with Crippen LogP contribution in [0, 0.1) is 11.6 Å². The number of benzene rings is 1. The van der Waals surface area contributed by atoms with Crippen molar-refractivity contribution in [3.8, 4) is 22.5 Å². The van der Waals surface area contributed by atoms with Gasteiger partial charge in [-0.25, -0.2) is 13.6 Å². The quantitative estimate of drug-likeness (QED) is 0.464. The fourth-order valence-electron chi connectivity index (χ4n) is 3.14. The minimum Gasteiger partial charge on any atom is -0.463 e. The van der Waals surface area contributed by atoms with Gasteiger partial charge in [-0.3, -0.25) is 14.5 Å². The second kappa shape index (κ2) is 7.76. The van der Waals surface area contributed by atoms with Crippen LogP contribution in [0.4, 0.5) is 19.3 Å². The van der Waals surface area contributed by atoms with E-state index in [1.54, 1.807) is 13.2 Å². The van der Waals surface area contributed by atoms with Crippen LogP contribution >= 0.6 is 11.6 Å². The van der Waals surface area contributed by atoms with Crippen LogP contribution in [0.3, 0.4) is 0 Å². The van der Waals surface area contributed by atoms with Crippen LogP contribution in [0.25, 0.3) is 33.4 Å². The molecule has 0 aliphatic heterocycles. The van der Waals surface area contributed by atoms with Crippen molar-refractivity contribution in [1.82, 2.24) is 24.5 Å². The van der Waals surface area contributed by atoms with E-state index in [0.29, 0.717) is 10.9 Å². The van der Waals surface area contributed by atoms with Crippen LogP contribution in [-0.4, -0.2) is 47.5 Å². The first-order chi connectivity index (χ1) is 14.8. The molecule has 0 saturated heterocycles. The number of fused-ring (bicyclic) bond motifs is 1. The molecule has 0 aliphatic carbocycles. The van der Waals surface area contributed by atoms with Crippen molar-refractivity contribution >= 4 is 40.2 Å². The smallest absolute Gasteiger partial charge is 0.432 e. The summed E-state index contributed by atoms with van der Waals surface area (Å²) in [5, 5.41) is 20.2. The average molecular weight is 447 g/mol. The van der Waals surface area contributed by atoms with Crippen molar-refractivity contribution in [2.24, 2.45) is 7.05 Å². The van der Waals surface area contributed by atoms with E-state index in [-0.39, 0.29) is 28.5 Å². The molecule has 31 heavy (non-hydrogen) atoms. The Morgan fingerprint density at radius 1 is 1.19 bits per heavy atom. The zero-order valence-electron chi connectivity index (χ0n) is 15.8. The van der Waals surface area contributed by atoms with Gasteiger partial charge < -0.3 is 10.4 Å². The standard InChI is InChI=1S/C19H13ClF2N6O3/c1-27-8-9(6-24-27)18-11-4-14(23-7-15(11)28(26-18)19(30)31)17-12(21)2-10(3-13(17)22)25-16(29)5-20/h2-4,6-8H,5H2,1H3,(H,25,29)(H,30,31). The molecule has 4 aromatic rings. The van der Waals surface area contributed by atoms with Crippen molar-refractivity contribution in [3.05, 3.63) is 48.4 Å². The first kappa shape index (κ1) is 20.4. The summed E-state index contributed by atoms with van der Waals surface area (Å²) >= 11 is 5.39. The molecule has 0 saturated carbocycles. The third-order valence-electron chi connectivity index (χ3n) is 4.43. The van der Waals surface area contributed by atoms with Crippen LogP contribution < -0.4 is 5.32 Å². The number of anilines is 1. The maximum atomic E-state index is 14.7. The number of carboxylic acid groups (broad SMARTS) is 1. The number of carbonyl (C=O) groups excluding carboxylic acids is 1. The lowest BCUT2D eigenvalue weighted by Gasteiger charge is -2.09. The van der Waals surface area contributed by atoms with Crippen LogP contribution in [0.1, 0.15) is 0 Å². The normalized spacial score (nSPS) is 11.1. The largest absolute Gasteiger partial charge is 0.463 e. The van der Waals surface area contributed by atoms with Crippen molar-refractivity contribution in [2.45, 2.75) is 0 Å². The lowest BCUT2D eigenvalue weighted by Crippen LogP contribution is -2.13. The highest BCUT2D eigenvalue weighted by Crippen LogP contribution is 2.33. The van der Waals surface area contributed by atoms with Crippen LogP contribution in [-0.2, 0) is 11.8 Å². The van der Waals surface area contributed by atoms with Gasteiger partial charge in [-0.1, -0.05) is 0 Å². The Morgan fingerprint density at radius 2 is 1.90 bits per heavy atom. The molecule has 3 aromatic heterocycles. The number of pyridine rings is 1. The van der Waals surface area contributed by atoms with Crippen molar-refractivity contribution < 1.29 is 23.5 Å². The summed E-state index contributed by atoms with van der Waals surface area (Å²) < 4.78 is 31.7. The molecule has 0 unspecified atom stereocenters. The van der Waals surface area contributed by atoms with Gasteiger partial charge in [0, 0.05) is 29.9 Å². The molecule has 0 radical (unpaired) electrons. The van der Waals surface area contributed by atoms with Gasteiger partial charge in [0.1, 0.15) is 23.2 Å². The van der Waals surface area contributed by atoms with E-state index in [0.717, 1.165) is 16.8 Å². The van der Waals surface area contributed by atoms with E-state index in [4.69, 9.17) is 11.6 Å². The summed E-state index contributed by atoms with van der Waals surface area (Å²) in [5.74, 6) is -2.92. The number of carbonyl (C=O) groups is 2. The molecule has 3 heterocycles. The van der Waals surface area contributed by atoms with Gasteiger partial charge in [-0.05, 0) is 18.2 Å². The number of hydrogen-bond acceptors (Lipinski definition) is 5. The highest BCUT2D eigenvalue weighted by atomic mass is 35.5. The molecule has 0 spiro atoms. The molecule has 1 aromatic carbocycles. The SMILES string of the molecule is Cn1cc(-c2nn(C(=O)O)c3cnc(-c4c(F)cc(NC(=O)CCl)cc4F)cc23)cn1. The predicted octanol–water partition coefficient (Wildman–Crippen LogP) is 3.48. The van der Waals surface area contributed by atoms with Crippen molar-refractivity contribution in [2.75, 3.05) is 11.2 Å². The topological polar surface area (TPSA) is 115 Å². The molecule has 0 atom stereocenters. The summed E-state index contributed by atoms with van der Waals surface area (Å²) in [6, 6.07) is 3.23. The number of alkyl halides is 1. The molecule has 0 fully saturated rings. The minimum absolute atomic E-state index is 0.0761. The summed E-state index contributed by atoms with van der Waals surface area (Å²) in [6.45, 7) is 0. The van der Waals surface area contributed by atoms with E-state index in [1.165, 1.54) is 23.1 Å². The highest BCUT2D eigenvalue weighted by molar-refractivity contribution is 6.29. The molecule has 158 valence electrons. The van der Waals surface area contributed by atoms with E-state index in [9.17, 15) is 23.5 Å². The lowest BCUT2D eigenvalue weighted by molar-refractivity contribution is -0.113. The zero-order valence-corrected chi connectivity index (χ0v) is 16.6. The number of amides is 1. The predicted molar refractivity (Wildman–Crippen MR) is 108 cm³/mol. The molecule has 9 nitrogen and oxygen atoms in total. The molecule has 4 rings (SSSR count). The first-order valence-electron chi connectivity index (χ1n) is 8.74. The molecule has 2 N–H and O–H groups in total. The van der Waals surface area contributed by atoms with E-state index < -0.39 is 29.2 Å². The van der Waals surface area contributed by atoms with Crippen molar-refractivity contribution in [3.63, 3.8) is 0 Å². The summed E-state index contributed by atoms with van der Waals surface area (Å²) in [6.07, 6.45) is 2.95. The second-order valence-electron chi connectivity index (χ2n) is 6.53. The van der Waals surface area contributed by atoms with Gasteiger partial charge in [-0.15, -0.1) is 11.6 Å². The zero-order chi connectivity index (χ0) is 22.3. The number of nitrogens with zero attached hydrogens (tertiary/aromatic N) is 5. The summed E-state index contributed by atoms with van der Waals surface area (Å²) in [4.78, 5) is 27.0. The van der Waals surface area contributed by atoms with Gasteiger partial charge in [0.05, 0.1) is 29.2 Å². The number of aryl methyl sites for hydroxylation is 1. The molecule has 1 amide bonds. The highest BCUT2D eigenvalue weighted by Gasteiger charge is 2.21. The molecular formula is C19H13ClF2N6O3. The van der Waals surface area contributed by atoms with E-state index in [2.05, 4.69) is 20.5 Å². The number of nitrogens with one attached hydrogen (secondary N) is 1. The molecular weight excluding hydrogens is 434 g/mol. The molecule has 12 heteroatoms. The van der Waals surface area contributed by atoms with Crippen LogP contribution in [0.2, 0.25) is 0 Å². The van der Waals surface area contributed by atoms with E-state index >= 15 is 0 Å². The molecule has 0 bridgehead atoms. The third kappa shape index (κ3) is 3.70. The molecule has 0 aliphatic rings. The van der Waals surface area contributed by atoms with Gasteiger partial charge in [0.2, 0.25) is 5.91 Å². The second-order valence-corrected chi connectivity index (χ2v) is 6.80. The number of hydrogen-bond donors (Lipinski definition) is 2. The van der Waals surface area contributed by atoms with Crippen molar-refractivity contribution in [1.29, 1.82) is 0 Å². The van der Waals surface area contributed by atoms with E-state index in [1.807, 2.05) is 0 Å². The van der Waals surface area contributed by atoms with Gasteiger partial charge in [0.25, 0.3) is 0 Å². The van der Waals surface area contributed by atoms with Gasteiger partial charge in [0.15, 0.2) is 0 Å². The Labute approximate surface area is 177 Å². The average Bonchev–Trinajstić information content (AvgIpc) is 3.30. The Hall–Kier alpha value is -3.86.